The van der Waals surface area contributed by atoms with E-state index in [1.807, 2.05) is 11.8 Å². The highest BCUT2D eigenvalue weighted by Crippen LogP contribution is 2.36. The summed E-state index contributed by atoms with van der Waals surface area (Å²) in [6.07, 6.45) is 8.11. The zero-order chi connectivity index (χ0) is 22.1. The van der Waals surface area contributed by atoms with Gasteiger partial charge in [-0.25, -0.2) is 0 Å². The average Bonchev–Trinajstić information content (AvgIpc) is 2.70. The number of nitrogens with two attached hydrogens (primary N) is 1. The largest absolute Gasteiger partial charge is 0.545 e. The molecule has 0 bridgehead atoms. The second-order valence-electron chi connectivity index (χ2n) is 6.09. The summed E-state index contributed by atoms with van der Waals surface area (Å²) in [5.74, 6) is -0.129. The highest BCUT2D eigenvalue weighted by molar-refractivity contribution is 7.99. The third-order valence-electron chi connectivity index (χ3n) is 3.84. The van der Waals surface area contributed by atoms with Crippen LogP contribution in [-0.2, 0) is 16.0 Å². The number of hydrogen-bond acceptors (Lipinski definition) is 8. The number of aliphatic carboxylic acids is 2. The Kier molecular flexibility index (Phi) is 15.5. The molecule has 0 radical (unpaired) electrons. The van der Waals surface area contributed by atoms with Crippen LogP contribution in [0.25, 0.3) is 0 Å². The van der Waals surface area contributed by atoms with Crippen molar-refractivity contribution in [3.63, 3.8) is 0 Å². The van der Waals surface area contributed by atoms with Crippen LogP contribution in [0.3, 0.4) is 0 Å². The topological polar surface area (TPSA) is 125 Å². The second kappa shape index (κ2) is 16.7. The summed E-state index contributed by atoms with van der Waals surface area (Å²) in [6, 6.07) is 4.14. The standard InChI is InChI=1S/C17H29NO2S.C4H4O4/c1-4-5-6-7-8-11-21-17-13-15(19-2)14(9-10-18)12-16(17)20-3;5-3(6)1-2-4(7)8/h12-13H,4-11,18H2,1-3H3;1-2H,(H,5,6)(H,7,8)/p-2/b;2-1-. The van der Waals surface area contributed by atoms with Crippen molar-refractivity contribution in [2.24, 2.45) is 5.73 Å². The van der Waals surface area contributed by atoms with Crippen molar-refractivity contribution in [3.05, 3.63) is 29.8 Å². The number of ether oxygens (including phenoxy) is 2. The molecule has 0 saturated carbocycles. The first-order valence-corrected chi connectivity index (χ1v) is 10.6. The molecule has 164 valence electrons. The van der Waals surface area contributed by atoms with Crippen LogP contribution in [0.1, 0.15) is 44.6 Å². The van der Waals surface area contributed by atoms with E-state index in [2.05, 4.69) is 19.1 Å². The smallest absolute Gasteiger partial charge is 0.132 e. The molecule has 29 heavy (non-hydrogen) atoms. The zero-order valence-electron chi connectivity index (χ0n) is 17.4. The molecule has 0 fully saturated rings. The summed E-state index contributed by atoms with van der Waals surface area (Å²) in [7, 11) is 3.43. The molecule has 0 aliphatic rings. The van der Waals surface area contributed by atoms with Gasteiger partial charge in [0.05, 0.1) is 31.1 Å². The highest BCUT2D eigenvalue weighted by atomic mass is 32.2. The Labute approximate surface area is 177 Å². The Morgan fingerprint density at radius 2 is 1.59 bits per heavy atom. The molecule has 0 unspecified atom stereocenters. The minimum absolute atomic E-state index is 0.384. The van der Waals surface area contributed by atoms with E-state index in [-0.39, 0.29) is 0 Å². The molecule has 0 spiro atoms. The molecule has 0 saturated heterocycles. The van der Waals surface area contributed by atoms with Crippen molar-refractivity contribution in [2.75, 3.05) is 26.5 Å². The molecule has 0 aliphatic carbocycles. The summed E-state index contributed by atoms with van der Waals surface area (Å²) in [4.78, 5) is 20.0. The third-order valence-corrected chi connectivity index (χ3v) is 4.96. The maximum absolute atomic E-state index is 9.41. The van der Waals surface area contributed by atoms with Crippen molar-refractivity contribution in [1.29, 1.82) is 0 Å². The van der Waals surface area contributed by atoms with Gasteiger partial charge in [0.15, 0.2) is 0 Å². The number of thioether (sulfide) groups is 1. The Hall–Kier alpha value is -2.19. The van der Waals surface area contributed by atoms with Gasteiger partial charge in [0.1, 0.15) is 11.5 Å². The van der Waals surface area contributed by atoms with E-state index in [1.54, 1.807) is 14.2 Å². The minimum atomic E-state index is -1.55. The van der Waals surface area contributed by atoms with E-state index in [0.717, 1.165) is 34.1 Å². The van der Waals surface area contributed by atoms with E-state index >= 15 is 0 Å². The number of carboxylic acid groups (broad SMARTS) is 2. The van der Waals surface area contributed by atoms with Crippen LogP contribution < -0.4 is 25.4 Å². The fourth-order valence-corrected chi connectivity index (χ4v) is 3.46. The molecule has 0 heterocycles. The Bertz CT molecular complexity index is 632. The van der Waals surface area contributed by atoms with Gasteiger partial charge in [-0.05, 0) is 55.0 Å². The monoisotopic (exact) mass is 425 g/mol. The predicted octanol–water partition coefficient (Wildman–Crippen LogP) is 1.31. The second-order valence-corrected chi connectivity index (χ2v) is 7.22. The SMILES string of the molecule is CCCCCCCSc1cc(OC)c(CCN)cc1OC.O=C([O-])/C=C\C(=O)[O-]. The molecular weight excluding hydrogens is 394 g/mol. The van der Waals surface area contributed by atoms with Crippen molar-refractivity contribution in [3.8, 4) is 11.5 Å². The first-order chi connectivity index (χ1) is 13.9. The molecule has 2 N–H and O–H groups in total. The molecule has 0 aliphatic heterocycles. The van der Waals surface area contributed by atoms with Crippen LogP contribution in [0.15, 0.2) is 29.2 Å². The zero-order valence-corrected chi connectivity index (χ0v) is 18.2. The van der Waals surface area contributed by atoms with Crippen molar-refractivity contribution >= 4 is 23.7 Å². The molecule has 1 rings (SSSR count). The number of methoxy groups -OCH3 is 2. The number of hydrogen-bond donors (Lipinski definition) is 1. The highest BCUT2D eigenvalue weighted by Gasteiger charge is 2.11. The number of carbonyl (C=O) groups excluding carboxylic acids is 2. The number of unbranched alkanes of at least 4 members (excludes halogenated alkanes) is 4. The number of benzene rings is 1. The molecule has 7 nitrogen and oxygen atoms in total. The third kappa shape index (κ3) is 12.8. The van der Waals surface area contributed by atoms with Crippen LogP contribution in [-0.4, -0.2) is 38.5 Å². The van der Waals surface area contributed by atoms with E-state index in [1.165, 1.54) is 32.1 Å². The predicted molar refractivity (Wildman–Crippen MR) is 111 cm³/mol. The van der Waals surface area contributed by atoms with E-state index < -0.39 is 11.9 Å². The Balaban J connectivity index is 0.000000828. The Morgan fingerprint density at radius 1 is 1.00 bits per heavy atom. The van der Waals surface area contributed by atoms with Crippen LogP contribution in [0.4, 0.5) is 0 Å². The summed E-state index contributed by atoms with van der Waals surface area (Å²) < 4.78 is 11.0. The van der Waals surface area contributed by atoms with E-state index in [0.29, 0.717) is 18.7 Å². The molecule has 0 aromatic heterocycles. The fourth-order valence-electron chi connectivity index (χ4n) is 2.42. The summed E-state index contributed by atoms with van der Waals surface area (Å²) >= 11 is 1.85. The van der Waals surface area contributed by atoms with Crippen molar-refractivity contribution < 1.29 is 29.3 Å². The maximum Gasteiger partial charge on any atom is 0.132 e. The lowest BCUT2D eigenvalue weighted by Crippen LogP contribution is -2.23. The van der Waals surface area contributed by atoms with E-state index in [9.17, 15) is 19.8 Å². The van der Waals surface area contributed by atoms with Gasteiger partial charge in [0.2, 0.25) is 0 Å². The summed E-state index contributed by atoms with van der Waals surface area (Å²) in [6.45, 7) is 2.86. The van der Waals surface area contributed by atoms with Gasteiger partial charge in [-0.1, -0.05) is 32.6 Å². The van der Waals surface area contributed by atoms with Gasteiger partial charge in [-0.2, -0.15) is 0 Å². The molecule has 0 atom stereocenters. The van der Waals surface area contributed by atoms with Crippen LogP contribution in [0, 0.1) is 0 Å². The fraction of sp³-hybridized carbons (Fsp3) is 0.524. The minimum Gasteiger partial charge on any atom is -0.545 e. The molecule has 1 aromatic rings. The van der Waals surface area contributed by atoms with Gasteiger partial charge < -0.3 is 35.0 Å². The summed E-state index contributed by atoms with van der Waals surface area (Å²) in [5.41, 5.74) is 6.77. The van der Waals surface area contributed by atoms with Gasteiger partial charge in [-0.15, -0.1) is 11.8 Å². The van der Waals surface area contributed by atoms with Gasteiger partial charge in [-0.3, -0.25) is 0 Å². The van der Waals surface area contributed by atoms with Crippen LogP contribution >= 0.6 is 11.8 Å². The first-order valence-electron chi connectivity index (χ1n) is 9.57. The lowest BCUT2D eigenvalue weighted by Gasteiger charge is -2.14. The Morgan fingerprint density at radius 3 is 2.07 bits per heavy atom. The van der Waals surface area contributed by atoms with Crippen molar-refractivity contribution in [2.45, 2.75) is 50.3 Å². The number of carboxylic acids is 2. The quantitative estimate of drug-likeness (QED) is 0.285. The number of rotatable bonds is 13. The molecule has 1 aromatic carbocycles. The van der Waals surface area contributed by atoms with Gasteiger partial charge in [0, 0.05) is 0 Å². The van der Waals surface area contributed by atoms with Crippen LogP contribution in [0.5, 0.6) is 11.5 Å². The molecular formula is C21H31NO6S-2. The van der Waals surface area contributed by atoms with E-state index in [4.69, 9.17) is 15.2 Å². The molecule has 8 heteroatoms. The normalized spacial score (nSPS) is 10.3. The first kappa shape index (κ1) is 26.8. The maximum atomic E-state index is 9.41. The van der Waals surface area contributed by atoms with Crippen LogP contribution in [0.2, 0.25) is 0 Å². The van der Waals surface area contributed by atoms with Crippen molar-refractivity contribution in [1.82, 2.24) is 0 Å². The number of carbonyl (C=O) groups is 2. The lowest BCUT2D eigenvalue weighted by atomic mass is 10.1. The van der Waals surface area contributed by atoms with Gasteiger partial charge in [0.25, 0.3) is 0 Å². The van der Waals surface area contributed by atoms with Gasteiger partial charge >= 0.3 is 0 Å². The molecule has 0 amide bonds. The lowest BCUT2D eigenvalue weighted by molar-refractivity contribution is -0.301. The summed E-state index contributed by atoms with van der Waals surface area (Å²) in [5, 5.41) is 18.8. The average molecular weight is 426 g/mol.